The van der Waals surface area contributed by atoms with E-state index in [0.29, 0.717) is 29.6 Å². The topological polar surface area (TPSA) is 88.4 Å². The summed E-state index contributed by atoms with van der Waals surface area (Å²) in [4.78, 5) is 18.4. The van der Waals surface area contributed by atoms with Crippen LogP contribution < -0.4 is 15.4 Å². The van der Waals surface area contributed by atoms with Crippen molar-refractivity contribution in [2.75, 3.05) is 17.2 Å². The molecule has 172 valence electrons. The molecule has 1 aliphatic rings. The average molecular weight is 455 g/mol. The van der Waals surface area contributed by atoms with Crippen LogP contribution in [0.25, 0.3) is 11.0 Å². The first-order valence-electron chi connectivity index (χ1n) is 11.2. The number of nitrogens with one attached hydrogen (secondary N) is 2. The van der Waals surface area contributed by atoms with Gasteiger partial charge < -0.3 is 20.5 Å². The molecule has 3 N–H and O–H groups in total. The van der Waals surface area contributed by atoms with E-state index in [9.17, 15) is 9.90 Å². The molecule has 1 amide bonds. The highest BCUT2D eigenvalue weighted by Gasteiger charge is 2.34. The molecule has 0 saturated carbocycles. The predicted molar refractivity (Wildman–Crippen MR) is 133 cm³/mol. The summed E-state index contributed by atoms with van der Waals surface area (Å²) in [7, 11) is 0. The summed E-state index contributed by atoms with van der Waals surface area (Å²) in [6.07, 6.45) is 0. The zero-order chi connectivity index (χ0) is 23.8. The number of aromatic hydroxyl groups is 1. The van der Waals surface area contributed by atoms with Gasteiger partial charge in [-0.05, 0) is 62.7 Å². The number of benzene rings is 3. The molecule has 7 heteroatoms. The second-order valence-corrected chi connectivity index (χ2v) is 8.34. The molecular formula is C27H26N4O3. The van der Waals surface area contributed by atoms with Crippen molar-refractivity contribution in [3.8, 4) is 11.5 Å². The van der Waals surface area contributed by atoms with Crippen molar-refractivity contribution < 1.29 is 14.6 Å². The van der Waals surface area contributed by atoms with E-state index in [-0.39, 0.29) is 11.7 Å². The zero-order valence-corrected chi connectivity index (χ0v) is 19.3. The summed E-state index contributed by atoms with van der Waals surface area (Å²) < 4.78 is 7.67. The molecular weight excluding hydrogens is 428 g/mol. The van der Waals surface area contributed by atoms with E-state index >= 15 is 0 Å². The summed E-state index contributed by atoms with van der Waals surface area (Å²) in [5.74, 6) is 0.872. The molecule has 0 aliphatic carbocycles. The molecule has 4 aromatic rings. The number of nitrogens with zero attached hydrogens (tertiary/aromatic N) is 2. The van der Waals surface area contributed by atoms with Crippen molar-refractivity contribution in [3.63, 3.8) is 0 Å². The van der Waals surface area contributed by atoms with E-state index in [0.717, 1.165) is 27.8 Å². The lowest BCUT2D eigenvalue weighted by molar-refractivity contribution is -0.113. The maximum atomic E-state index is 13.7. The fourth-order valence-electron chi connectivity index (χ4n) is 4.38. The number of fused-ring (bicyclic) bond motifs is 3. The number of ether oxygens (including phenoxy) is 1. The van der Waals surface area contributed by atoms with E-state index in [1.54, 1.807) is 12.1 Å². The number of para-hydroxylation sites is 2. The van der Waals surface area contributed by atoms with Crippen molar-refractivity contribution in [3.05, 3.63) is 89.1 Å². The highest BCUT2D eigenvalue weighted by atomic mass is 16.5. The van der Waals surface area contributed by atoms with E-state index in [2.05, 4.69) is 10.6 Å². The lowest BCUT2D eigenvalue weighted by Gasteiger charge is -2.31. The molecule has 1 aromatic heterocycles. The Morgan fingerprint density at radius 2 is 1.88 bits per heavy atom. The lowest BCUT2D eigenvalue weighted by atomic mass is 9.94. The van der Waals surface area contributed by atoms with Crippen LogP contribution in [0.5, 0.6) is 11.5 Å². The van der Waals surface area contributed by atoms with Crippen LogP contribution in [-0.4, -0.2) is 27.2 Å². The second kappa shape index (κ2) is 8.59. The lowest BCUT2D eigenvalue weighted by Crippen LogP contribution is -2.31. The molecule has 0 spiro atoms. The number of phenolic OH excluding ortho intramolecular Hbond substituents is 1. The number of amides is 1. The number of hydrogen-bond acceptors (Lipinski definition) is 5. The van der Waals surface area contributed by atoms with Gasteiger partial charge >= 0.3 is 0 Å². The van der Waals surface area contributed by atoms with Crippen LogP contribution in [0.15, 0.2) is 78.0 Å². The van der Waals surface area contributed by atoms with Crippen molar-refractivity contribution in [1.29, 1.82) is 0 Å². The van der Waals surface area contributed by atoms with Crippen LogP contribution in [0.4, 0.5) is 11.6 Å². The van der Waals surface area contributed by atoms with E-state index in [4.69, 9.17) is 9.72 Å². The summed E-state index contributed by atoms with van der Waals surface area (Å²) in [5, 5.41) is 16.6. The zero-order valence-electron chi connectivity index (χ0n) is 19.3. The maximum absolute atomic E-state index is 13.7. The van der Waals surface area contributed by atoms with Crippen LogP contribution >= 0.6 is 0 Å². The molecule has 0 unspecified atom stereocenters. The molecule has 0 bridgehead atoms. The fraction of sp³-hybridized carbons (Fsp3) is 0.185. The van der Waals surface area contributed by atoms with Gasteiger partial charge in [-0.1, -0.05) is 35.9 Å². The molecule has 0 fully saturated rings. The first-order valence-corrected chi connectivity index (χ1v) is 11.2. The van der Waals surface area contributed by atoms with Crippen LogP contribution in [-0.2, 0) is 4.79 Å². The number of hydrogen-bond donors (Lipinski definition) is 3. The number of phenols is 1. The summed E-state index contributed by atoms with van der Waals surface area (Å²) in [6, 6.07) is 20.3. The van der Waals surface area contributed by atoms with Gasteiger partial charge in [-0.3, -0.25) is 9.36 Å². The maximum Gasteiger partial charge on any atom is 0.255 e. The molecule has 0 radical (unpaired) electrons. The van der Waals surface area contributed by atoms with Gasteiger partial charge in [0.2, 0.25) is 5.95 Å². The highest BCUT2D eigenvalue weighted by Crippen LogP contribution is 2.41. The predicted octanol–water partition coefficient (Wildman–Crippen LogP) is 5.38. The molecule has 0 saturated heterocycles. The molecule has 2 heterocycles. The average Bonchev–Trinajstić information content (AvgIpc) is 3.19. The Morgan fingerprint density at radius 1 is 1.12 bits per heavy atom. The standard InChI is InChI=1S/C27H26N4O3/c1-4-34-23-15-18(11-14-22(23)32)25-24(26(33)29-19-12-9-16(2)10-13-19)17(3)28-27-30-20-7-5-6-8-21(20)31(25)27/h5-15,25,32H,4H2,1-3H3,(H,28,30)(H,29,33)/t25-/m1/s1. The minimum atomic E-state index is -0.478. The first-order chi connectivity index (χ1) is 16.5. The Balaban J connectivity index is 1.67. The number of aromatic nitrogens is 2. The summed E-state index contributed by atoms with van der Waals surface area (Å²) in [6.45, 7) is 6.16. The molecule has 1 aliphatic heterocycles. The third-order valence-corrected chi connectivity index (χ3v) is 5.98. The Hall–Kier alpha value is -4.26. The normalized spacial score (nSPS) is 15.1. The second-order valence-electron chi connectivity index (χ2n) is 8.34. The third-order valence-electron chi connectivity index (χ3n) is 5.98. The summed E-state index contributed by atoms with van der Waals surface area (Å²) in [5.41, 5.74) is 5.64. The van der Waals surface area contributed by atoms with Crippen molar-refractivity contribution >= 4 is 28.6 Å². The van der Waals surface area contributed by atoms with Crippen molar-refractivity contribution in [2.24, 2.45) is 0 Å². The van der Waals surface area contributed by atoms with Gasteiger partial charge in [0.05, 0.1) is 29.3 Å². The number of anilines is 2. The molecule has 7 nitrogen and oxygen atoms in total. The quantitative estimate of drug-likeness (QED) is 0.377. The molecule has 34 heavy (non-hydrogen) atoms. The Morgan fingerprint density at radius 3 is 2.65 bits per heavy atom. The third kappa shape index (κ3) is 3.75. The Kier molecular flexibility index (Phi) is 5.45. The molecule has 5 rings (SSSR count). The monoisotopic (exact) mass is 454 g/mol. The largest absolute Gasteiger partial charge is 0.504 e. The minimum Gasteiger partial charge on any atom is -0.504 e. The number of aryl methyl sites for hydroxylation is 1. The first kappa shape index (κ1) is 21.6. The van der Waals surface area contributed by atoms with Gasteiger partial charge in [0, 0.05) is 11.4 Å². The fourth-order valence-corrected chi connectivity index (χ4v) is 4.38. The van der Waals surface area contributed by atoms with Crippen molar-refractivity contribution in [2.45, 2.75) is 26.8 Å². The van der Waals surface area contributed by atoms with Crippen LogP contribution in [0.1, 0.15) is 31.0 Å². The van der Waals surface area contributed by atoms with Crippen molar-refractivity contribution in [1.82, 2.24) is 9.55 Å². The van der Waals surface area contributed by atoms with Gasteiger partial charge in [-0.25, -0.2) is 4.98 Å². The van der Waals surface area contributed by atoms with Gasteiger partial charge in [-0.2, -0.15) is 0 Å². The van der Waals surface area contributed by atoms with Gasteiger partial charge in [0.1, 0.15) is 0 Å². The summed E-state index contributed by atoms with van der Waals surface area (Å²) >= 11 is 0. The Bertz CT molecular complexity index is 1420. The number of rotatable bonds is 5. The number of carbonyl (C=O) groups is 1. The van der Waals surface area contributed by atoms with Crippen LogP contribution in [0.2, 0.25) is 0 Å². The van der Waals surface area contributed by atoms with Gasteiger partial charge in [0.15, 0.2) is 11.5 Å². The number of allylic oxidation sites excluding steroid dienone is 1. The Labute approximate surface area is 197 Å². The van der Waals surface area contributed by atoms with E-state index in [1.807, 2.05) is 79.9 Å². The molecule has 3 aromatic carbocycles. The van der Waals surface area contributed by atoms with E-state index in [1.165, 1.54) is 0 Å². The number of carbonyl (C=O) groups excluding carboxylic acids is 1. The van der Waals surface area contributed by atoms with Crippen LogP contribution in [0.3, 0.4) is 0 Å². The minimum absolute atomic E-state index is 0.0570. The van der Waals surface area contributed by atoms with Crippen LogP contribution in [0, 0.1) is 6.92 Å². The molecule has 1 atom stereocenters. The van der Waals surface area contributed by atoms with Gasteiger partial charge in [0.25, 0.3) is 5.91 Å². The number of imidazole rings is 1. The smallest absolute Gasteiger partial charge is 0.255 e. The van der Waals surface area contributed by atoms with E-state index < -0.39 is 6.04 Å². The highest BCUT2D eigenvalue weighted by molar-refractivity contribution is 6.06. The SMILES string of the molecule is CCOc1cc([C@@H]2C(C(=O)Nc3ccc(C)cc3)=C(C)Nc3nc4ccccc4n32)ccc1O. The van der Waals surface area contributed by atoms with Gasteiger partial charge in [-0.15, -0.1) is 0 Å².